The Morgan fingerprint density at radius 2 is 1.77 bits per heavy atom. The second-order valence-electron chi connectivity index (χ2n) is 7.11. The Morgan fingerprint density at radius 1 is 1.00 bits per heavy atom. The van der Waals surface area contributed by atoms with E-state index < -0.39 is 11.6 Å². The molecule has 1 amide bonds. The molecule has 1 heterocycles. The third kappa shape index (κ3) is 4.50. The van der Waals surface area contributed by atoms with Crippen LogP contribution in [0.15, 0.2) is 72.8 Å². The number of nitrogens with zero attached hydrogens (tertiary/aromatic N) is 1. The maximum Gasteiger partial charge on any atom is 0.258 e. The van der Waals surface area contributed by atoms with E-state index in [-0.39, 0.29) is 12.3 Å². The lowest BCUT2D eigenvalue weighted by Crippen LogP contribution is -2.34. The molecule has 0 N–H and O–H groups in total. The molecule has 0 unspecified atom stereocenters. The molecule has 4 aromatic rings. The van der Waals surface area contributed by atoms with E-state index in [2.05, 4.69) is 0 Å². The maximum atomic E-state index is 14.1. The summed E-state index contributed by atoms with van der Waals surface area (Å²) in [6.07, 6.45) is 0.285. The molecule has 0 aliphatic rings. The normalized spacial score (nSPS) is 11.1. The van der Waals surface area contributed by atoms with Crippen molar-refractivity contribution in [1.82, 2.24) is 0 Å². The molecule has 0 radical (unpaired) electrons. The number of hydrogen-bond donors (Lipinski definition) is 0. The Balaban J connectivity index is 1.73. The summed E-state index contributed by atoms with van der Waals surface area (Å²) >= 11 is 1.48. The lowest BCUT2D eigenvalue weighted by Gasteiger charge is -2.23. The maximum absolute atomic E-state index is 14.1. The van der Waals surface area contributed by atoms with Crippen molar-refractivity contribution in [2.45, 2.75) is 6.42 Å². The number of halogens is 2. The quantitative estimate of drug-likeness (QED) is 0.352. The molecule has 0 bridgehead atoms. The molecule has 0 atom stereocenters. The van der Waals surface area contributed by atoms with Gasteiger partial charge >= 0.3 is 0 Å². The van der Waals surface area contributed by atoms with Crippen LogP contribution >= 0.6 is 11.3 Å². The van der Waals surface area contributed by atoms with Gasteiger partial charge in [-0.2, -0.15) is 0 Å². The lowest BCUT2D eigenvalue weighted by atomic mass is 10.1. The van der Waals surface area contributed by atoms with Crippen molar-refractivity contribution < 1.29 is 18.3 Å². The number of fused-ring (bicyclic) bond motifs is 1. The van der Waals surface area contributed by atoms with Gasteiger partial charge < -0.3 is 9.64 Å². The van der Waals surface area contributed by atoms with Crippen LogP contribution in [0, 0.1) is 11.6 Å². The fourth-order valence-corrected chi connectivity index (χ4v) is 4.73. The first-order valence-corrected chi connectivity index (χ1v) is 10.7. The molecule has 0 saturated heterocycles. The molecule has 0 aliphatic heterocycles. The van der Waals surface area contributed by atoms with E-state index in [1.54, 1.807) is 30.2 Å². The smallest absolute Gasteiger partial charge is 0.258 e. The van der Waals surface area contributed by atoms with Crippen molar-refractivity contribution in [3.63, 3.8) is 0 Å². The highest BCUT2D eigenvalue weighted by Gasteiger charge is 2.21. The molecule has 0 spiro atoms. The van der Waals surface area contributed by atoms with Crippen molar-refractivity contribution in [3.05, 3.63) is 100 Å². The van der Waals surface area contributed by atoms with Crippen LogP contribution in [-0.4, -0.2) is 26.2 Å². The van der Waals surface area contributed by atoms with Crippen molar-refractivity contribution in [2.75, 3.05) is 25.2 Å². The zero-order valence-corrected chi connectivity index (χ0v) is 17.8. The molecular formula is C25H21F2NO2S. The fraction of sp³-hybridized carbons (Fsp3) is 0.160. The monoisotopic (exact) mass is 437 g/mol. The summed E-state index contributed by atoms with van der Waals surface area (Å²) in [6, 6.07) is 21.1. The number of ether oxygens (including phenoxy) is 1. The highest BCUT2D eigenvalue weighted by molar-refractivity contribution is 7.19. The van der Waals surface area contributed by atoms with E-state index in [0.717, 1.165) is 26.7 Å². The number of thiophene rings is 1. The Hall–Kier alpha value is -3.09. The van der Waals surface area contributed by atoms with E-state index in [9.17, 15) is 13.6 Å². The van der Waals surface area contributed by atoms with E-state index in [1.807, 2.05) is 42.5 Å². The number of carbonyl (C=O) groups is 1. The van der Waals surface area contributed by atoms with Gasteiger partial charge in [-0.15, -0.1) is 11.3 Å². The molecule has 6 heteroatoms. The number of rotatable bonds is 7. The average molecular weight is 438 g/mol. The summed E-state index contributed by atoms with van der Waals surface area (Å²) in [4.78, 5) is 15.9. The predicted octanol–water partition coefficient (Wildman–Crippen LogP) is 6.06. The molecular weight excluding hydrogens is 416 g/mol. The predicted molar refractivity (Wildman–Crippen MR) is 121 cm³/mol. The fourth-order valence-electron chi connectivity index (χ4n) is 3.52. The third-order valence-corrected chi connectivity index (χ3v) is 6.22. The average Bonchev–Trinajstić information content (AvgIpc) is 3.21. The van der Waals surface area contributed by atoms with Crippen LogP contribution in [0.3, 0.4) is 0 Å². The van der Waals surface area contributed by atoms with Crippen LogP contribution in [0.1, 0.15) is 20.8 Å². The Kier molecular flexibility index (Phi) is 6.39. The van der Waals surface area contributed by atoms with Gasteiger partial charge in [-0.05, 0) is 41.3 Å². The Labute approximate surface area is 183 Å². The molecule has 4 rings (SSSR count). The van der Waals surface area contributed by atoms with Gasteiger partial charge in [-0.25, -0.2) is 8.78 Å². The summed E-state index contributed by atoms with van der Waals surface area (Å²) in [5, 5.41) is 0.956. The standard InChI is InChI=1S/C25H21F2NO2S/c1-30-14-13-28(25(29)17-7-3-2-4-8-17)22-12-6-10-19-16-20(31-24(19)22)15-18-9-5-11-21(26)23(18)27/h2-12,16H,13-15H2,1H3. The van der Waals surface area contributed by atoms with Crippen LogP contribution in [0.25, 0.3) is 10.1 Å². The highest BCUT2D eigenvalue weighted by atomic mass is 32.1. The van der Waals surface area contributed by atoms with Crippen LogP contribution < -0.4 is 4.90 Å². The van der Waals surface area contributed by atoms with Crippen molar-refractivity contribution >= 4 is 33.0 Å². The summed E-state index contributed by atoms with van der Waals surface area (Å²) in [7, 11) is 1.60. The van der Waals surface area contributed by atoms with Crippen molar-refractivity contribution in [1.29, 1.82) is 0 Å². The van der Waals surface area contributed by atoms with Crippen LogP contribution in [0.2, 0.25) is 0 Å². The van der Waals surface area contributed by atoms with Gasteiger partial charge in [0, 0.05) is 30.5 Å². The zero-order valence-electron chi connectivity index (χ0n) is 17.0. The van der Waals surface area contributed by atoms with E-state index >= 15 is 0 Å². The van der Waals surface area contributed by atoms with Gasteiger partial charge in [-0.3, -0.25) is 4.79 Å². The van der Waals surface area contributed by atoms with Gasteiger partial charge in [0.1, 0.15) is 0 Å². The number of methoxy groups -OCH3 is 1. The first-order valence-electron chi connectivity index (χ1n) is 9.88. The third-order valence-electron chi connectivity index (χ3n) is 5.05. The van der Waals surface area contributed by atoms with Crippen LogP contribution in [0.5, 0.6) is 0 Å². The topological polar surface area (TPSA) is 29.5 Å². The van der Waals surface area contributed by atoms with Gasteiger partial charge in [-0.1, -0.05) is 42.5 Å². The minimum absolute atomic E-state index is 0.115. The summed E-state index contributed by atoms with van der Waals surface area (Å²) in [6.45, 7) is 0.788. The van der Waals surface area contributed by atoms with Crippen molar-refractivity contribution in [3.8, 4) is 0 Å². The van der Waals surface area contributed by atoms with E-state index in [4.69, 9.17) is 4.74 Å². The number of carbonyl (C=O) groups excluding carboxylic acids is 1. The lowest BCUT2D eigenvalue weighted by molar-refractivity contribution is 0.0976. The molecule has 0 saturated carbocycles. The summed E-state index contributed by atoms with van der Waals surface area (Å²) in [5.74, 6) is -1.78. The zero-order chi connectivity index (χ0) is 21.8. The molecule has 31 heavy (non-hydrogen) atoms. The minimum Gasteiger partial charge on any atom is -0.383 e. The Bertz CT molecular complexity index is 1210. The first kappa shape index (κ1) is 21.2. The van der Waals surface area contributed by atoms with Gasteiger partial charge in [0.25, 0.3) is 5.91 Å². The number of anilines is 1. The summed E-state index contributed by atoms with van der Waals surface area (Å²) in [5.41, 5.74) is 1.68. The van der Waals surface area contributed by atoms with Gasteiger partial charge in [0.2, 0.25) is 0 Å². The molecule has 158 valence electrons. The van der Waals surface area contributed by atoms with Crippen LogP contribution in [-0.2, 0) is 11.2 Å². The van der Waals surface area contributed by atoms with Crippen molar-refractivity contribution in [2.24, 2.45) is 0 Å². The molecule has 0 aliphatic carbocycles. The second kappa shape index (κ2) is 9.37. The number of benzene rings is 3. The number of hydrogen-bond acceptors (Lipinski definition) is 3. The largest absolute Gasteiger partial charge is 0.383 e. The molecule has 3 nitrogen and oxygen atoms in total. The molecule has 1 aromatic heterocycles. The van der Waals surface area contributed by atoms with Crippen LogP contribution in [0.4, 0.5) is 14.5 Å². The molecule has 0 fully saturated rings. The SMILES string of the molecule is COCCN(C(=O)c1ccccc1)c1cccc2cc(Cc3cccc(F)c3F)sc12. The summed E-state index contributed by atoms with van der Waals surface area (Å²) < 4.78 is 33.9. The van der Waals surface area contributed by atoms with Gasteiger partial charge in [0.05, 0.1) is 17.0 Å². The van der Waals surface area contributed by atoms with E-state index in [0.29, 0.717) is 24.3 Å². The highest BCUT2D eigenvalue weighted by Crippen LogP contribution is 2.36. The molecule has 3 aromatic carbocycles. The first-order chi connectivity index (χ1) is 15.1. The number of amides is 1. The van der Waals surface area contributed by atoms with Gasteiger partial charge in [0.15, 0.2) is 11.6 Å². The van der Waals surface area contributed by atoms with E-state index in [1.165, 1.54) is 17.4 Å². The Morgan fingerprint density at radius 3 is 2.55 bits per heavy atom. The minimum atomic E-state index is -0.849. The second-order valence-corrected chi connectivity index (χ2v) is 8.25.